The molecule has 0 radical (unpaired) electrons. The number of rotatable bonds is 17. The highest BCUT2D eigenvalue weighted by atomic mass is 16.3. The van der Waals surface area contributed by atoms with Gasteiger partial charge in [-0.25, -0.2) is 49.8 Å². The number of benzene rings is 17. The van der Waals surface area contributed by atoms with Crippen molar-refractivity contribution in [3.63, 3.8) is 0 Å². The van der Waals surface area contributed by atoms with Crippen LogP contribution in [0.25, 0.3) is 225 Å². The highest BCUT2D eigenvalue weighted by Gasteiger charge is 2.36. The molecule has 0 fully saturated rings. The van der Waals surface area contributed by atoms with Crippen molar-refractivity contribution in [2.45, 2.75) is 19.3 Å². The smallest absolute Gasteiger partial charge is 0.164 e. The molecule has 22 aromatic rings. The predicted octanol–water partition coefficient (Wildman–Crippen LogP) is 29.9. The van der Waals surface area contributed by atoms with Gasteiger partial charge in [0, 0.05) is 82.9 Å². The van der Waals surface area contributed by atoms with E-state index in [0.717, 1.165) is 156 Å². The third-order valence-corrected chi connectivity index (χ3v) is 24.4. The summed E-state index contributed by atoms with van der Waals surface area (Å²) in [6, 6.07) is 155. The molecular formula is C119H80N10O. The number of hydrogen-bond acceptors (Lipinski definition) is 11. The van der Waals surface area contributed by atoms with Gasteiger partial charge in [-0.2, -0.15) is 0 Å². The number of para-hydroxylation sites is 1. The van der Waals surface area contributed by atoms with Gasteiger partial charge in [-0.05, 0) is 126 Å². The molecule has 23 rings (SSSR count). The van der Waals surface area contributed by atoms with Gasteiger partial charge in [-0.3, -0.25) is 0 Å². The molecule has 0 amide bonds. The molecular weight excluding hydrogens is 1590 g/mol. The van der Waals surface area contributed by atoms with Gasteiger partial charge in [0.2, 0.25) is 0 Å². The predicted molar refractivity (Wildman–Crippen MR) is 528 cm³/mol. The number of fused-ring (bicyclic) bond motifs is 6. The first-order valence-electron chi connectivity index (χ1n) is 43.6. The van der Waals surface area contributed by atoms with Crippen LogP contribution in [0.5, 0.6) is 0 Å². The second kappa shape index (κ2) is 34.3. The third-order valence-electron chi connectivity index (χ3n) is 24.4. The van der Waals surface area contributed by atoms with E-state index in [1.165, 1.54) is 33.4 Å². The minimum absolute atomic E-state index is 0.160. The van der Waals surface area contributed by atoms with Crippen molar-refractivity contribution in [1.82, 2.24) is 49.8 Å². The lowest BCUT2D eigenvalue weighted by atomic mass is 9.82. The first-order valence-corrected chi connectivity index (χ1v) is 43.6. The van der Waals surface area contributed by atoms with E-state index in [9.17, 15) is 0 Å². The van der Waals surface area contributed by atoms with Crippen LogP contribution in [0.3, 0.4) is 0 Å². The molecule has 0 saturated heterocycles. The Kier molecular flexibility index (Phi) is 20.8. The summed E-state index contributed by atoms with van der Waals surface area (Å²) in [5.41, 5.74) is 32.7. The molecule has 1 aliphatic carbocycles. The van der Waals surface area contributed by atoms with Crippen LogP contribution in [0.2, 0.25) is 0 Å². The summed E-state index contributed by atoms with van der Waals surface area (Å²) in [5.74, 6) is 5.08. The molecule has 0 aliphatic heterocycles. The van der Waals surface area contributed by atoms with E-state index >= 15 is 0 Å². The number of furan rings is 1. The molecule has 11 nitrogen and oxygen atoms in total. The van der Waals surface area contributed by atoms with Crippen LogP contribution < -0.4 is 0 Å². The van der Waals surface area contributed by atoms with Crippen LogP contribution in [-0.2, 0) is 5.41 Å². The van der Waals surface area contributed by atoms with Crippen molar-refractivity contribution in [2.24, 2.45) is 0 Å². The monoisotopic (exact) mass is 1660 g/mol. The summed E-state index contributed by atoms with van der Waals surface area (Å²) >= 11 is 0. The molecule has 130 heavy (non-hydrogen) atoms. The molecule has 0 saturated carbocycles. The van der Waals surface area contributed by atoms with Gasteiger partial charge in [0.05, 0.1) is 22.8 Å². The fourth-order valence-electron chi connectivity index (χ4n) is 17.5. The first kappa shape index (κ1) is 78.7. The van der Waals surface area contributed by atoms with Gasteiger partial charge in [-0.1, -0.05) is 414 Å². The maximum absolute atomic E-state index is 6.36. The van der Waals surface area contributed by atoms with Gasteiger partial charge in [0.1, 0.15) is 11.2 Å². The van der Waals surface area contributed by atoms with Gasteiger partial charge in [0.15, 0.2) is 46.6 Å². The van der Waals surface area contributed by atoms with Crippen LogP contribution in [0.15, 0.2) is 453 Å². The lowest BCUT2D eigenvalue weighted by Crippen LogP contribution is -2.15. The Balaban J connectivity index is 0.000000154. The molecule has 0 atom stereocenters. The summed E-state index contributed by atoms with van der Waals surface area (Å²) in [7, 11) is 0. The van der Waals surface area contributed by atoms with E-state index in [-0.39, 0.29) is 5.41 Å². The second-order valence-corrected chi connectivity index (χ2v) is 33.0. The molecule has 0 unspecified atom stereocenters. The van der Waals surface area contributed by atoms with E-state index in [1.54, 1.807) is 0 Å². The molecule has 1 aliphatic rings. The molecule has 612 valence electrons. The van der Waals surface area contributed by atoms with Crippen molar-refractivity contribution in [2.75, 3.05) is 0 Å². The highest BCUT2D eigenvalue weighted by Crippen LogP contribution is 2.50. The normalized spacial score (nSPS) is 11.8. The second-order valence-electron chi connectivity index (χ2n) is 33.0. The minimum atomic E-state index is -0.160. The summed E-state index contributed by atoms with van der Waals surface area (Å²) < 4.78 is 6.36. The Morgan fingerprint density at radius 2 is 0.408 bits per heavy atom. The summed E-state index contributed by atoms with van der Waals surface area (Å²) in [4.78, 5) is 50.8. The maximum atomic E-state index is 6.36. The molecule has 0 spiro atoms. The average Bonchev–Trinajstić information content (AvgIpc) is 1.57. The standard InChI is InChI=1S/C64H43N5O.C55H37N5/c1-64(2)54-22-11-9-20-50(54)51-34-33-49(37-55(51)64)62-65-56(39-57(66-62)47-32-35-53-52-21-10-12-23-58(52)70-59(53)38-47)43-28-24-42(25-29-43)46-18-13-19-48(36-46)63-68-60(44-16-7-4-8-17-44)67-61(69-63)45-30-26-41(27-31-45)40-14-5-3-6-15-40;1-5-14-38(15-6-1)40-24-30-43(31-25-40)50-37-51(57-52(56-50)47-34-28-41(29-35-47)39-16-7-2-8-17-39)44-32-26-42(27-33-44)48-22-13-23-49(36-48)55-59-53(45-18-9-3-10-19-45)58-54(60-55)46-20-11-4-12-21-46/h3-39H,1-2H3;1-37H. The average molecular weight is 1670 g/mol. The molecule has 17 aromatic carbocycles. The van der Waals surface area contributed by atoms with Crippen LogP contribution in [0.1, 0.15) is 25.0 Å². The fraction of sp³-hybridized carbons (Fsp3) is 0.0252. The van der Waals surface area contributed by atoms with E-state index < -0.39 is 0 Å². The number of aromatic nitrogens is 10. The van der Waals surface area contributed by atoms with Gasteiger partial charge >= 0.3 is 0 Å². The van der Waals surface area contributed by atoms with Crippen LogP contribution >= 0.6 is 0 Å². The van der Waals surface area contributed by atoms with E-state index in [2.05, 4.69) is 335 Å². The zero-order valence-electron chi connectivity index (χ0n) is 71.1. The van der Waals surface area contributed by atoms with Crippen molar-refractivity contribution >= 4 is 21.9 Å². The third kappa shape index (κ3) is 16.0. The Labute approximate surface area is 753 Å². The molecule has 5 aromatic heterocycles. The van der Waals surface area contributed by atoms with Crippen molar-refractivity contribution in [3.8, 4) is 203 Å². The lowest BCUT2D eigenvalue weighted by molar-refractivity contribution is 0.660. The fourth-order valence-corrected chi connectivity index (χ4v) is 17.5. The lowest BCUT2D eigenvalue weighted by Gasteiger charge is -2.21. The Bertz CT molecular complexity index is 7760. The molecule has 0 bridgehead atoms. The molecule has 11 heteroatoms. The van der Waals surface area contributed by atoms with Crippen molar-refractivity contribution < 1.29 is 4.42 Å². The molecule has 5 heterocycles. The Hall–Kier alpha value is -17.3. The topological polar surface area (TPSA) is 142 Å². The zero-order valence-corrected chi connectivity index (χ0v) is 71.1. The van der Waals surface area contributed by atoms with Gasteiger partial charge < -0.3 is 4.42 Å². The zero-order chi connectivity index (χ0) is 86.9. The highest BCUT2D eigenvalue weighted by molar-refractivity contribution is 6.06. The number of hydrogen-bond donors (Lipinski definition) is 0. The van der Waals surface area contributed by atoms with E-state index in [4.69, 9.17) is 54.3 Å². The van der Waals surface area contributed by atoms with Crippen LogP contribution in [-0.4, -0.2) is 49.8 Å². The molecule has 0 N–H and O–H groups in total. The Morgan fingerprint density at radius 1 is 0.154 bits per heavy atom. The van der Waals surface area contributed by atoms with Crippen molar-refractivity contribution in [1.29, 1.82) is 0 Å². The van der Waals surface area contributed by atoms with E-state index in [0.29, 0.717) is 46.6 Å². The minimum Gasteiger partial charge on any atom is -0.456 e. The summed E-state index contributed by atoms with van der Waals surface area (Å²) in [6.45, 7) is 4.61. The Morgan fingerprint density at radius 3 is 0.823 bits per heavy atom. The quantitative estimate of drug-likeness (QED) is 0.0860. The summed E-state index contributed by atoms with van der Waals surface area (Å²) in [5, 5.41) is 2.18. The van der Waals surface area contributed by atoms with Gasteiger partial charge in [0.25, 0.3) is 0 Å². The van der Waals surface area contributed by atoms with Crippen molar-refractivity contribution in [3.05, 3.63) is 460 Å². The number of nitrogens with zero attached hydrogens (tertiary/aromatic N) is 10. The van der Waals surface area contributed by atoms with Crippen LogP contribution in [0, 0.1) is 0 Å². The van der Waals surface area contributed by atoms with E-state index in [1.807, 2.05) is 127 Å². The maximum Gasteiger partial charge on any atom is 0.164 e. The van der Waals surface area contributed by atoms with Crippen LogP contribution in [0.4, 0.5) is 0 Å². The first-order chi connectivity index (χ1) is 64.1. The summed E-state index contributed by atoms with van der Waals surface area (Å²) in [6.07, 6.45) is 0. The van der Waals surface area contributed by atoms with Gasteiger partial charge in [-0.15, -0.1) is 0 Å². The largest absolute Gasteiger partial charge is 0.456 e. The SMILES string of the molecule is CC1(C)c2ccccc2-c2ccc(-c3nc(-c4ccc(-c5cccc(-c6nc(-c7ccccc7)nc(-c7ccc(-c8ccccc8)cc7)n6)c5)cc4)cc(-c4ccc5c(c4)oc4ccccc45)n3)cc21.c1ccc(-c2ccc(-c3cc(-c4ccc(-c5cccc(-c6nc(-c7ccccc7)nc(-c7ccccc7)n6)c5)cc4)nc(-c4ccc(-c5ccccc5)cc4)n3)cc2)cc1.